The molecule has 4 rings (SSSR count). The predicted octanol–water partition coefficient (Wildman–Crippen LogP) is 4.35. The topological polar surface area (TPSA) is 117 Å². The van der Waals surface area contributed by atoms with E-state index in [0.717, 1.165) is 47.2 Å². The number of aryl methyl sites for hydroxylation is 1. The van der Waals surface area contributed by atoms with Gasteiger partial charge in [0.2, 0.25) is 0 Å². The van der Waals surface area contributed by atoms with Crippen LogP contribution in [0, 0.1) is 11.8 Å². The van der Waals surface area contributed by atoms with Crippen molar-refractivity contribution in [1.82, 2.24) is 9.97 Å². The van der Waals surface area contributed by atoms with E-state index in [-0.39, 0.29) is 16.4 Å². The summed E-state index contributed by atoms with van der Waals surface area (Å²) >= 11 is 1.49. The lowest BCUT2D eigenvalue weighted by molar-refractivity contribution is -0.142. The molecule has 0 amide bonds. The van der Waals surface area contributed by atoms with E-state index in [1.807, 2.05) is 24.3 Å². The fourth-order valence-electron chi connectivity index (χ4n) is 4.17. The van der Waals surface area contributed by atoms with Gasteiger partial charge in [0, 0.05) is 11.3 Å². The van der Waals surface area contributed by atoms with Crippen molar-refractivity contribution in [2.75, 3.05) is 5.75 Å². The lowest BCUT2D eigenvalue weighted by atomic mass is 9.98. The van der Waals surface area contributed by atoms with E-state index < -0.39 is 27.5 Å². The highest BCUT2D eigenvalue weighted by Gasteiger charge is 2.29. The monoisotopic (exact) mass is 512 g/mol. The molecule has 1 aliphatic rings. The molecule has 1 atom stereocenters. The van der Waals surface area contributed by atoms with Crippen LogP contribution in [0.2, 0.25) is 0 Å². The Kier molecular flexibility index (Phi) is 7.47. The zero-order valence-corrected chi connectivity index (χ0v) is 21.3. The molecule has 2 aromatic carbocycles. The summed E-state index contributed by atoms with van der Waals surface area (Å²) in [4.78, 5) is 31.2. The lowest BCUT2D eigenvalue weighted by Gasteiger charge is -2.16. The van der Waals surface area contributed by atoms with Gasteiger partial charge in [-0.3, -0.25) is 9.59 Å². The molecular weight excluding hydrogens is 484 g/mol. The van der Waals surface area contributed by atoms with Crippen LogP contribution in [-0.2, 0) is 33.2 Å². The number of hydrogen-bond acceptors (Lipinski definition) is 6. The summed E-state index contributed by atoms with van der Waals surface area (Å²) in [6.07, 6.45) is 2.64. The van der Waals surface area contributed by atoms with E-state index in [1.165, 1.54) is 23.9 Å². The molecule has 0 radical (unpaired) electrons. The van der Waals surface area contributed by atoms with Crippen LogP contribution in [0.25, 0.3) is 11.1 Å². The number of rotatable bonds is 9. The Labute approximate surface area is 208 Å². The van der Waals surface area contributed by atoms with Gasteiger partial charge in [0.15, 0.2) is 15.0 Å². The predicted molar refractivity (Wildman–Crippen MR) is 136 cm³/mol. The van der Waals surface area contributed by atoms with Gasteiger partial charge in [-0.15, -0.1) is 0 Å². The maximum Gasteiger partial charge on any atom is 0.307 e. The molecule has 0 spiro atoms. The third-order valence-corrected chi connectivity index (χ3v) is 9.05. The normalized spacial score (nSPS) is 14.1. The number of aromatic nitrogens is 2. The second-order valence-corrected chi connectivity index (χ2v) is 12.1. The van der Waals surface area contributed by atoms with Gasteiger partial charge in [-0.05, 0) is 54.0 Å². The first-order chi connectivity index (χ1) is 16.6. The number of aliphatic carboxylic acids is 1. The van der Waals surface area contributed by atoms with E-state index in [1.54, 1.807) is 26.0 Å². The minimum atomic E-state index is -3.71. The molecule has 0 bridgehead atoms. The van der Waals surface area contributed by atoms with Gasteiger partial charge < -0.3 is 10.1 Å². The number of benzene rings is 2. The molecule has 1 aromatic heterocycles. The molecule has 2 N–H and O–H groups in total. The van der Waals surface area contributed by atoms with Crippen LogP contribution in [0.5, 0.6) is 0 Å². The Morgan fingerprint density at radius 3 is 2.29 bits per heavy atom. The summed E-state index contributed by atoms with van der Waals surface area (Å²) in [5.41, 5.74) is 4.59. The second kappa shape index (κ2) is 10.4. The molecule has 3 aromatic rings. The van der Waals surface area contributed by atoms with Crippen molar-refractivity contribution in [2.45, 2.75) is 48.9 Å². The average molecular weight is 513 g/mol. The Bertz CT molecular complexity index is 1380. The van der Waals surface area contributed by atoms with Gasteiger partial charge in [-0.25, -0.2) is 13.4 Å². The first kappa shape index (κ1) is 25.2. The van der Waals surface area contributed by atoms with Gasteiger partial charge in [0.25, 0.3) is 5.56 Å². The standard InChI is InChI=1S/C26H28N2O5S2/c1-16(2)22(25(30)31)15-35(32,33)20-12-10-19(11-13-20)18-8-6-17(7-9-18)14-34-26-27-23-5-3-4-21(23)24(29)28-26/h6-13,16,22H,3-5,14-15H2,1-2H3,(H,30,31)(H,27,28,29)/t22-/m1/s1. The summed E-state index contributed by atoms with van der Waals surface area (Å²) < 4.78 is 25.4. The van der Waals surface area contributed by atoms with Crippen molar-refractivity contribution in [2.24, 2.45) is 11.8 Å². The fourth-order valence-corrected chi connectivity index (χ4v) is 6.75. The number of hydrogen-bond donors (Lipinski definition) is 2. The highest BCUT2D eigenvalue weighted by molar-refractivity contribution is 7.98. The zero-order valence-electron chi connectivity index (χ0n) is 19.7. The van der Waals surface area contributed by atoms with E-state index in [9.17, 15) is 23.1 Å². The minimum Gasteiger partial charge on any atom is -0.481 e. The number of carbonyl (C=O) groups is 1. The highest BCUT2D eigenvalue weighted by atomic mass is 32.2. The summed E-state index contributed by atoms with van der Waals surface area (Å²) in [6, 6.07) is 14.5. The molecule has 0 aliphatic heterocycles. The van der Waals surface area contributed by atoms with E-state index >= 15 is 0 Å². The number of carboxylic acids is 1. The Morgan fingerprint density at radius 1 is 1.06 bits per heavy atom. The van der Waals surface area contributed by atoms with E-state index in [4.69, 9.17) is 0 Å². The van der Waals surface area contributed by atoms with Crippen molar-refractivity contribution in [1.29, 1.82) is 0 Å². The molecule has 0 saturated carbocycles. The van der Waals surface area contributed by atoms with Gasteiger partial charge in [0.1, 0.15) is 0 Å². The van der Waals surface area contributed by atoms with Crippen LogP contribution in [-0.4, -0.2) is 35.2 Å². The third kappa shape index (κ3) is 5.85. The average Bonchev–Trinajstić information content (AvgIpc) is 3.31. The fraction of sp³-hybridized carbons (Fsp3) is 0.346. The quantitative estimate of drug-likeness (QED) is 0.323. The van der Waals surface area contributed by atoms with Gasteiger partial charge in [0.05, 0.1) is 22.3 Å². The smallest absolute Gasteiger partial charge is 0.307 e. The molecule has 184 valence electrons. The van der Waals surface area contributed by atoms with Gasteiger partial charge in [-0.1, -0.05) is 62.0 Å². The third-order valence-electron chi connectivity index (χ3n) is 6.32. The number of fused-ring (bicyclic) bond motifs is 1. The van der Waals surface area contributed by atoms with Gasteiger partial charge >= 0.3 is 5.97 Å². The maximum atomic E-state index is 12.7. The van der Waals surface area contributed by atoms with Crippen molar-refractivity contribution in [3.63, 3.8) is 0 Å². The SMILES string of the molecule is CC(C)[C@@H](CS(=O)(=O)c1ccc(-c2ccc(CSc3nc4c(c(=O)[nH]3)CCC4)cc2)cc1)C(=O)O. The summed E-state index contributed by atoms with van der Waals surface area (Å²) in [5.74, 6) is -2.08. The maximum absolute atomic E-state index is 12.7. The van der Waals surface area contributed by atoms with Crippen LogP contribution in [0.4, 0.5) is 0 Å². The molecule has 35 heavy (non-hydrogen) atoms. The Balaban J connectivity index is 1.42. The number of thioether (sulfide) groups is 1. The van der Waals surface area contributed by atoms with E-state index in [2.05, 4.69) is 9.97 Å². The van der Waals surface area contributed by atoms with Crippen molar-refractivity contribution < 1.29 is 18.3 Å². The van der Waals surface area contributed by atoms with E-state index in [0.29, 0.717) is 10.9 Å². The number of carboxylic acid groups (broad SMARTS) is 1. The molecule has 0 fully saturated rings. The van der Waals surface area contributed by atoms with Crippen LogP contribution >= 0.6 is 11.8 Å². The highest BCUT2D eigenvalue weighted by Crippen LogP contribution is 2.27. The first-order valence-corrected chi connectivity index (χ1v) is 14.2. The minimum absolute atomic E-state index is 0.0292. The van der Waals surface area contributed by atoms with Crippen molar-refractivity contribution >= 4 is 27.6 Å². The molecule has 1 heterocycles. The molecule has 1 aliphatic carbocycles. The van der Waals surface area contributed by atoms with Gasteiger partial charge in [-0.2, -0.15) is 0 Å². The molecule has 0 saturated heterocycles. The largest absolute Gasteiger partial charge is 0.481 e. The molecule has 7 nitrogen and oxygen atoms in total. The molecular formula is C26H28N2O5S2. The molecule has 0 unspecified atom stereocenters. The Hall–Kier alpha value is -2.91. The first-order valence-electron chi connectivity index (χ1n) is 11.5. The van der Waals surface area contributed by atoms with Crippen LogP contribution in [0.15, 0.2) is 63.4 Å². The zero-order chi connectivity index (χ0) is 25.2. The van der Waals surface area contributed by atoms with Crippen LogP contribution < -0.4 is 5.56 Å². The Morgan fingerprint density at radius 2 is 1.69 bits per heavy atom. The number of sulfone groups is 1. The second-order valence-electron chi connectivity index (χ2n) is 9.13. The number of nitrogens with one attached hydrogen (secondary N) is 1. The summed E-state index contributed by atoms with van der Waals surface area (Å²) in [7, 11) is -3.71. The lowest BCUT2D eigenvalue weighted by Crippen LogP contribution is -2.28. The van der Waals surface area contributed by atoms with Crippen molar-refractivity contribution in [3.05, 3.63) is 75.7 Å². The summed E-state index contributed by atoms with van der Waals surface area (Å²) in [5, 5.41) is 9.97. The summed E-state index contributed by atoms with van der Waals surface area (Å²) in [6.45, 7) is 3.42. The number of aromatic amines is 1. The number of nitrogens with zero attached hydrogens (tertiary/aromatic N) is 1. The van der Waals surface area contributed by atoms with Crippen LogP contribution in [0.1, 0.15) is 37.1 Å². The molecule has 9 heteroatoms. The van der Waals surface area contributed by atoms with Crippen LogP contribution in [0.3, 0.4) is 0 Å². The van der Waals surface area contributed by atoms with Crippen molar-refractivity contribution in [3.8, 4) is 11.1 Å². The number of H-pyrrole nitrogens is 1.